The Morgan fingerprint density at radius 3 is 2.42 bits per heavy atom. The Hall–Kier alpha value is -3.00. The topological polar surface area (TPSA) is 75.2 Å². The molecule has 7 nitrogen and oxygen atoms in total. The molecule has 0 N–H and O–H groups in total. The Morgan fingerprint density at radius 2 is 1.88 bits per heavy atom. The zero-order valence-corrected chi connectivity index (χ0v) is 13.6. The molecule has 0 aliphatic heterocycles. The van der Waals surface area contributed by atoms with Gasteiger partial charge in [-0.2, -0.15) is 13.2 Å². The molecule has 0 aromatic carbocycles. The third kappa shape index (κ3) is 3.23. The van der Waals surface area contributed by atoms with Crippen LogP contribution in [0.25, 0.3) is 5.82 Å². The van der Waals surface area contributed by atoms with Gasteiger partial charge in [0.05, 0.1) is 0 Å². The summed E-state index contributed by atoms with van der Waals surface area (Å²) >= 11 is 5.53. The fourth-order valence-electron chi connectivity index (χ4n) is 2.04. The Balaban J connectivity index is 2.95. The number of pyridine rings is 1. The Kier molecular flexibility index (Phi) is 4.99. The van der Waals surface area contributed by atoms with Gasteiger partial charge in [0, 0.05) is 19.2 Å². The van der Waals surface area contributed by atoms with Crippen molar-refractivity contribution in [2.45, 2.75) is 6.18 Å². The van der Waals surface area contributed by atoms with Crippen molar-refractivity contribution in [2.24, 2.45) is 7.05 Å². The van der Waals surface area contributed by atoms with Crippen LogP contribution in [0.3, 0.4) is 0 Å². The molecule has 0 bridgehead atoms. The van der Waals surface area contributed by atoms with Crippen molar-refractivity contribution < 1.29 is 22.4 Å². The van der Waals surface area contributed by atoms with Crippen molar-refractivity contribution >= 4 is 11.6 Å². The number of aromatic nitrogens is 3. The summed E-state index contributed by atoms with van der Waals surface area (Å²) in [5.41, 5.74) is -5.84. The van der Waals surface area contributed by atoms with Crippen LogP contribution in [0.5, 0.6) is 0 Å². The molecule has 138 valence electrons. The lowest BCUT2D eigenvalue weighted by atomic mass is 10.3. The van der Waals surface area contributed by atoms with Gasteiger partial charge in [-0.25, -0.2) is 13.8 Å². The highest BCUT2D eigenvalue weighted by Gasteiger charge is 2.35. The maximum absolute atomic E-state index is 14.3. The van der Waals surface area contributed by atoms with Crippen molar-refractivity contribution in [2.75, 3.05) is 6.61 Å². The smallest absolute Gasteiger partial charge is 0.396 e. The molecule has 2 rings (SSSR count). The van der Waals surface area contributed by atoms with Crippen LogP contribution in [0.1, 0.15) is 5.69 Å². The molecular formula is C14H8ClF4N3O4. The summed E-state index contributed by atoms with van der Waals surface area (Å²) in [4.78, 5) is 41.1. The molecule has 0 fully saturated rings. The van der Waals surface area contributed by atoms with Gasteiger partial charge in [-0.15, -0.1) is 11.2 Å². The van der Waals surface area contributed by atoms with E-state index < -0.39 is 51.9 Å². The molecular weight excluding hydrogens is 386 g/mol. The minimum Gasteiger partial charge on any atom is -0.396 e. The van der Waals surface area contributed by atoms with Crippen LogP contribution < -0.4 is 21.6 Å². The molecule has 0 radical (unpaired) electrons. The van der Waals surface area contributed by atoms with Crippen LogP contribution in [-0.2, 0) is 13.2 Å². The van der Waals surface area contributed by atoms with Gasteiger partial charge in [-0.3, -0.25) is 14.2 Å². The van der Waals surface area contributed by atoms with Gasteiger partial charge in [-0.1, -0.05) is 17.5 Å². The summed E-state index contributed by atoms with van der Waals surface area (Å²) in [6.45, 7) is -0.581. The minimum absolute atomic E-state index is 0.00117. The van der Waals surface area contributed by atoms with Gasteiger partial charge >= 0.3 is 17.4 Å². The van der Waals surface area contributed by atoms with Crippen LogP contribution in [0.2, 0.25) is 5.02 Å². The van der Waals surface area contributed by atoms with E-state index >= 15 is 0 Å². The van der Waals surface area contributed by atoms with E-state index in [9.17, 15) is 31.9 Å². The van der Waals surface area contributed by atoms with Gasteiger partial charge in [0.2, 0.25) is 5.82 Å². The highest BCUT2D eigenvalue weighted by Crippen LogP contribution is 2.27. The average Bonchev–Trinajstić information content (AvgIpc) is 2.53. The van der Waals surface area contributed by atoms with Gasteiger partial charge < -0.3 is 4.84 Å². The first kappa shape index (κ1) is 19.3. The lowest BCUT2D eigenvalue weighted by Crippen LogP contribution is -2.44. The van der Waals surface area contributed by atoms with Crippen molar-refractivity contribution in [3.05, 3.63) is 59.9 Å². The largest absolute Gasteiger partial charge is 0.431 e. The second-order valence-electron chi connectivity index (χ2n) is 4.78. The third-order valence-electron chi connectivity index (χ3n) is 3.15. The molecule has 0 unspecified atom stereocenters. The number of alkyl halides is 3. The number of rotatable bonds is 3. The van der Waals surface area contributed by atoms with E-state index in [0.717, 1.165) is 7.05 Å². The lowest BCUT2D eigenvalue weighted by Gasteiger charge is -2.17. The average molecular weight is 394 g/mol. The van der Waals surface area contributed by atoms with Gasteiger partial charge in [0.15, 0.2) is 12.4 Å². The van der Waals surface area contributed by atoms with Crippen molar-refractivity contribution in [1.82, 2.24) is 13.9 Å². The van der Waals surface area contributed by atoms with E-state index in [-0.39, 0.29) is 19.9 Å². The normalized spacial score (nSPS) is 11.3. The molecule has 26 heavy (non-hydrogen) atoms. The molecule has 0 atom stereocenters. The van der Waals surface area contributed by atoms with Crippen LogP contribution in [0, 0.1) is 18.2 Å². The molecule has 0 saturated heterocycles. The quantitative estimate of drug-likeness (QED) is 0.564. The second-order valence-corrected chi connectivity index (χ2v) is 5.19. The van der Waals surface area contributed by atoms with Crippen molar-refractivity contribution in [3.63, 3.8) is 0 Å². The van der Waals surface area contributed by atoms with E-state index in [2.05, 4.69) is 0 Å². The predicted octanol–water partition coefficient (Wildman–Crippen LogP) is 0.571. The zero-order valence-electron chi connectivity index (χ0n) is 12.8. The number of hydrogen-bond donors (Lipinski definition) is 0. The standard InChI is InChI=1S/C14H8ClF4N3O4/c1-3-4-26-22-11(8(16)5-7(15)12(22)24)21-10(23)6-9(14(17,18)19)20(2)13(21)25/h1,5-6H,4H2,2H3. The number of hydrogen-bond acceptors (Lipinski definition) is 4. The number of terminal acetylenes is 1. The molecule has 0 aliphatic carbocycles. The Labute approximate surface area is 146 Å². The van der Waals surface area contributed by atoms with E-state index in [4.69, 9.17) is 22.9 Å². The maximum atomic E-state index is 14.3. The van der Waals surface area contributed by atoms with Crippen LogP contribution in [-0.4, -0.2) is 20.5 Å². The van der Waals surface area contributed by atoms with Crippen LogP contribution >= 0.6 is 11.6 Å². The molecule has 0 amide bonds. The summed E-state index contributed by atoms with van der Waals surface area (Å²) in [5.74, 6) is -0.467. The molecule has 2 heterocycles. The molecule has 2 aromatic rings. The number of nitrogens with zero attached hydrogens (tertiary/aromatic N) is 3. The lowest BCUT2D eigenvalue weighted by molar-refractivity contribution is -0.144. The first-order valence-corrected chi connectivity index (χ1v) is 6.97. The van der Waals surface area contributed by atoms with Crippen LogP contribution in [0.4, 0.5) is 17.6 Å². The van der Waals surface area contributed by atoms with Crippen LogP contribution in [0.15, 0.2) is 26.5 Å². The van der Waals surface area contributed by atoms with E-state index in [0.29, 0.717) is 6.07 Å². The third-order valence-corrected chi connectivity index (χ3v) is 3.42. The summed E-state index contributed by atoms with van der Waals surface area (Å²) in [7, 11) is 0.722. The summed E-state index contributed by atoms with van der Waals surface area (Å²) in [6.07, 6.45) is -0.0431. The maximum Gasteiger partial charge on any atom is 0.431 e. The van der Waals surface area contributed by atoms with Crippen molar-refractivity contribution in [1.29, 1.82) is 0 Å². The molecule has 0 aliphatic rings. The molecule has 0 saturated carbocycles. The minimum atomic E-state index is -5.01. The second kappa shape index (κ2) is 6.72. The van der Waals surface area contributed by atoms with Gasteiger partial charge in [0.1, 0.15) is 10.7 Å². The first-order chi connectivity index (χ1) is 12.0. The highest BCUT2D eigenvalue weighted by molar-refractivity contribution is 6.30. The van der Waals surface area contributed by atoms with E-state index in [1.807, 2.05) is 5.92 Å². The van der Waals surface area contributed by atoms with E-state index in [1.54, 1.807) is 0 Å². The van der Waals surface area contributed by atoms with E-state index in [1.165, 1.54) is 0 Å². The first-order valence-electron chi connectivity index (χ1n) is 6.59. The summed E-state index contributed by atoms with van der Waals surface area (Å²) in [6, 6.07) is 0.559. The molecule has 2 aromatic heterocycles. The molecule has 12 heteroatoms. The van der Waals surface area contributed by atoms with Crippen molar-refractivity contribution in [3.8, 4) is 18.2 Å². The molecule has 0 spiro atoms. The van der Waals surface area contributed by atoms with Gasteiger partial charge in [-0.05, 0) is 0 Å². The Morgan fingerprint density at radius 1 is 1.27 bits per heavy atom. The summed E-state index contributed by atoms with van der Waals surface area (Å²) in [5, 5.41) is -0.667. The Bertz CT molecular complexity index is 1090. The number of halogens is 5. The fraction of sp³-hybridized carbons (Fsp3) is 0.214. The summed E-state index contributed by atoms with van der Waals surface area (Å²) < 4.78 is 53.2. The predicted molar refractivity (Wildman–Crippen MR) is 81.8 cm³/mol. The zero-order chi connectivity index (χ0) is 19.8. The monoisotopic (exact) mass is 393 g/mol. The van der Waals surface area contributed by atoms with Gasteiger partial charge in [0.25, 0.3) is 5.56 Å². The fourth-order valence-corrected chi connectivity index (χ4v) is 2.21. The SMILES string of the molecule is C#CCOn1c(-n2c(=O)cc(C(F)(F)F)n(C)c2=O)c(F)cc(Cl)c1=O. The highest BCUT2D eigenvalue weighted by atomic mass is 35.5.